The second-order valence-electron chi connectivity index (χ2n) is 4.26. The van der Waals surface area contributed by atoms with Gasteiger partial charge in [0, 0.05) is 6.54 Å². The van der Waals surface area contributed by atoms with Gasteiger partial charge < -0.3 is 5.32 Å². The van der Waals surface area contributed by atoms with Gasteiger partial charge in [0.2, 0.25) is 0 Å². The fourth-order valence-electron chi connectivity index (χ4n) is 1.70. The summed E-state index contributed by atoms with van der Waals surface area (Å²) >= 11 is 0. The molecule has 0 aromatic rings. The topological polar surface area (TPSA) is 15.3 Å². The van der Waals surface area contributed by atoms with Gasteiger partial charge in [-0.25, -0.2) is 0 Å². The molecular formula is C11H23F3N2. The van der Waals surface area contributed by atoms with Crippen LogP contribution in [0.3, 0.4) is 0 Å². The number of hydrogen-bond acceptors (Lipinski definition) is 2. The lowest BCUT2D eigenvalue weighted by atomic mass is 10.1. The van der Waals surface area contributed by atoms with Crippen LogP contribution in [0.15, 0.2) is 0 Å². The molecule has 0 aliphatic rings. The summed E-state index contributed by atoms with van der Waals surface area (Å²) in [5, 5.41) is 3.15. The summed E-state index contributed by atoms with van der Waals surface area (Å²) < 4.78 is 36.8. The van der Waals surface area contributed by atoms with Gasteiger partial charge in [-0.3, -0.25) is 4.90 Å². The Morgan fingerprint density at radius 2 is 1.88 bits per heavy atom. The Morgan fingerprint density at radius 3 is 2.31 bits per heavy atom. The third-order valence-electron chi connectivity index (χ3n) is 2.26. The van der Waals surface area contributed by atoms with Crippen molar-refractivity contribution in [3.05, 3.63) is 0 Å². The van der Waals surface area contributed by atoms with Crippen LogP contribution < -0.4 is 5.32 Å². The molecule has 0 bridgehead atoms. The van der Waals surface area contributed by atoms with E-state index in [1.54, 1.807) is 0 Å². The molecule has 0 radical (unpaired) electrons. The highest BCUT2D eigenvalue weighted by atomic mass is 19.4. The highest BCUT2D eigenvalue weighted by Crippen LogP contribution is 2.17. The van der Waals surface area contributed by atoms with E-state index in [9.17, 15) is 13.2 Å². The molecule has 0 fully saturated rings. The lowest BCUT2D eigenvalue weighted by Gasteiger charge is -2.26. The second kappa shape index (κ2) is 7.90. The third kappa shape index (κ3) is 8.97. The van der Waals surface area contributed by atoms with Gasteiger partial charge in [0.05, 0.1) is 6.54 Å². The molecule has 0 aliphatic heterocycles. The van der Waals surface area contributed by atoms with E-state index in [-0.39, 0.29) is 5.92 Å². The van der Waals surface area contributed by atoms with Gasteiger partial charge in [0.1, 0.15) is 0 Å². The summed E-state index contributed by atoms with van der Waals surface area (Å²) in [5.41, 5.74) is 0. The van der Waals surface area contributed by atoms with Gasteiger partial charge in [-0.05, 0) is 32.0 Å². The van der Waals surface area contributed by atoms with E-state index in [4.69, 9.17) is 0 Å². The van der Waals surface area contributed by atoms with Gasteiger partial charge in [0.15, 0.2) is 0 Å². The maximum Gasteiger partial charge on any atom is 0.401 e. The molecule has 0 aromatic carbocycles. The van der Waals surface area contributed by atoms with Crippen LogP contribution in [0.4, 0.5) is 13.2 Å². The Balaban J connectivity index is 4.01. The van der Waals surface area contributed by atoms with Crippen LogP contribution in [0.2, 0.25) is 0 Å². The fraction of sp³-hybridized carbons (Fsp3) is 1.00. The van der Waals surface area contributed by atoms with Crippen LogP contribution in [0, 0.1) is 5.92 Å². The SMILES string of the molecule is CCCN(CC(C)CNCC)CC(F)(F)F. The predicted molar refractivity (Wildman–Crippen MR) is 60.5 cm³/mol. The summed E-state index contributed by atoms with van der Waals surface area (Å²) in [6, 6.07) is 0. The minimum absolute atomic E-state index is 0.244. The molecule has 1 unspecified atom stereocenters. The first-order chi connectivity index (χ1) is 7.39. The van der Waals surface area contributed by atoms with Crippen LogP contribution in [-0.2, 0) is 0 Å². The molecule has 0 saturated carbocycles. The summed E-state index contributed by atoms with van der Waals surface area (Å²) in [7, 11) is 0. The maximum absolute atomic E-state index is 12.3. The van der Waals surface area contributed by atoms with E-state index in [0.29, 0.717) is 13.1 Å². The molecule has 0 heterocycles. The zero-order valence-electron chi connectivity index (χ0n) is 10.4. The first kappa shape index (κ1) is 15.7. The largest absolute Gasteiger partial charge is 0.401 e. The average Bonchev–Trinajstić information content (AvgIpc) is 2.12. The monoisotopic (exact) mass is 240 g/mol. The van der Waals surface area contributed by atoms with Gasteiger partial charge in [0.25, 0.3) is 0 Å². The Hall–Kier alpha value is -0.290. The van der Waals surface area contributed by atoms with Crippen LogP contribution in [0.5, 0.6) is 0 Å². The predicted octanol–water partition coefficient (Wildman–Crippen LogP) is 2.51. The van der Waals surface area contributed by atoms with Gasteiger partial charge >= 0.3 is 6.18 Å². The summed E-state index contributed by atoms with van der Waals surface area (Å²) in [6.45, 7) is 7.71. The Labute approximate surface area is 96.2 Å². The van der Waals surface area contributed by atoms with Gasteiger partial charge in [-0.1, -0.05) is 20.8 Å². The minimum Gasteiger partial charge on any atom is -0.317 e. The number of alkyl halides is 3. The van der Waals surface area contributed by atoms with E-state index < -0.39 is 12.7 Å². The Morgan fingerprint density at radius 1 is 1.25 bits per heavy atom. The van der Waals surface area contributed by atoms with Crippen molar-refractivity contribution >= 4 is 0 Å². The summed E-state index contributed by atoms with van der Waals surface area (Å²) in [4.78, 5) is 1.49. The van der Waals surface area contributed by atoms with Crippen molar-refractivity contribution in [2.75, 3.05) is 32.7 Å². The molecule has 1 atom stereocenters. The maximum atomic E-state index is 12.3. The Kier molecular flexibility index (Phi) is 7.76. The first-order valence-electron chi connectivity index (χ1n) is 5.88. The standard InChI is InChI=1S/C11H23F3N2/c1-4-6-16(9-11(12,13)14)8-10(3)7-15-5-2/h10,15H,4-9H2,1-3H3. The van der Waals surface area contributed by atoms with E-state index in [0.717, 1.165) is 19.5 Å². The lowest BCUT2D eigenvalue weighted by Crippen LogP contribution is -2.39. The van der Waals surface area contributed by atoms with E-state index >= 15 is 0 Å². The molecule has 0 aliphatic carbocycles. The van der Waals surface area contributed by atoms with Gasteiger partial charge in [-0.2, -0.15) is 13.2 Å². The zero-order chi connectivity index (χ0) is 12.6. The van der Waals surface area contributed by atoms with Crippen molar-refractivity contribution in [1.29, 1.82) is 0 Å². The summed E-state index contributed by atoms with van der Waals surface area (Å²) in [6.07, 6.45) is -3.34. The lowest BCUT2D eigenvalue weighted by molar-refractivity contribution is -0.147. The number of halogens is 3. The molecule has 0 rings (SSSR count). The molecular weight excluding hydrogens is 217 g/mol. The van der Waals surface area contributed by atoms with Crippen LogP contribution >= 0.6 is 0 Å². The van der Waals surface area contributed by atoms with Crippen LogP contribution in [-0.4, -0.2) is 43.8 Å². The molecule has 1 N–H and O–H groups in total. The molecule has 0 spiro atoms. The summed E-state index contributed by atoms with van der Waals surface area (Å²) in [5.74, 6) is 0.244. The van der Waals surface area contributed by atoms with E-state index in [1.807, 2.05) is 20.8 Å². The normalized spacial score (nSPS) is 14.4. The smallest absolute Gasteiger partial charge is 0.317 e. The third-order valence-corrected chi connectivity index (χ3v) is 2.26. The highest BCUT2D eigenvalue weighted by molar-refractivity contribution is 4.67. The fourth-order valence-corrected chi connectivity index (χ4v) is 1.70. The van der Waals surface area contributed by atoms with Gasteiger partial charge in [-0.15, -0.1) is 0 Å². The second-order valence-corrected chi connectivity index (χ2v) is 4.26. The van der Waals surface area contributed by atoms with Crippen LogP contribution in [0.25, 0.3) is 0 Å². The number of hydrogen-bond donors (Lipinski definition) is 1. The molecule has 16 heavy (non-hydrogen) atoms. The van der Waals surface area contributed by atoms with Crippen molar-refractivity contribution in [2.24, 2.45) is 5.92 Å². The number of rotatable bonds is 8. The highest BCUT2D eigenvalue weighted by Gasteiger charge is 2.30. The molecule has 2 nitrogen and oxygen atoms in total. The quantitative estimate of drug-likeness (QED) is 0.701. The van der Waals surface area contributed by atoms with E-state index in [1.165, 1.54) is 4.90 Å². The van der Waals surface area contributed by atoms with Crippen molar-refractivity contribution in [2.45, 2.75) is 33.4 Å². The number of nitrogens with one attached hydrogen (secondary N) is 1. The van der Waals surface area contributed by atoms with Crippen LogP contribution in [0.1, 0.15) is 27.2 Å². The average molecular weight is 240 g/mol. The molecule has 98 valence electrons. The van der Waals surface area contributed by atoms with Crippen molar-refractivity contribution < 1.29 is 13.2 Å². The zero-order valence-corrected chi connectivity index (χ0v) is 10.4. The first-order valence-corrected chi connectivity index (χ1v) is 5.88. The molecule has 0 saturated heterocycles. The molecule has 5 heteroatoms. The molecule has 0 aromatic heterocycles. The Bertz CT molecular complexity index is 171. The minimum atomic E-state index is -4.09. The van der Waals surface area contributed by atoms with Crippen molar-refractivity contribution in [3.63, 3.8) is 0 Å². The molecule has 0 amide bonds. The van der Waals surface area contributed by atoms with Crippen molar-refractivity contribution in [3.8, 4) is 0 Å². The number of nitrogens with zero attached hydrogens (tertiary/aromatic N) is 1. The van der Waals surface area contributed by atoms with E-state index in [2.05, 4.69) is 5.32 Å². The van der Waals surface area contributed by atoms with Crippen molar-refractivity contribution in [1.82, 2.24) is 10.2 Å².